The molecule has 0 bridgehead atoms. The average molecular weight is 719 g/mol. The molecule has 288 valence electrons. The van der Waals surface area contributed by atoms with E-state index in [-0.39, 0.29) is 45.3 Å². The second-order valence-electron chi connectivity index (χ2n) is 19.1. The molecular weight excluding hydrogens is 656 g/mol. The van der Waals surface area contributed by atoms with Gasteiger partial charge in [0.25, 0.3) is 0 Å². The Bertz CT molecular complexity index is 1410. The van der Waals surface area contributed by atoms with Gasteiger partial charge in [-0.3, -0.25) is 4.79 Å². The number of aliphatic carboxylic acids is 2. The van der Waals surface area contributed by atoms with Crippen LogP contribution in [0.15, 0.2) is 11.6 Å². The number of aliphatic hydroxyl groups is 3. The molecule has 6 aliphatic rings. The van der Waals surface area contributed by atoms with Crippen molar-refractivity contribution in [1.82, 2.24) is 0 Å². The summed E-state index contributed by atoms with van der Waals surface area (Å²) >= 11 is 0. The first kappa shape index (κ1) is 38.8. The topological polar surface area (TPSA) is 180 Å². The van der Waals surface area contributed by atoms with Crippen molar-refractivity contribution >= 4 is 18.2 Å². The number of methoxy groups -OCH3 is 1. The number of rotatable bonds is 9. The van der Waals surface area contributed by atoms with Gasteiger partial charge in [-0.15, -0.1) is 0 Å². The Kier molecular flexibility index (Phi) is 10.0. The van der Waals surface area contributed by atoms with Crippen LogP contribution in [0.25, 0.3) is 0 Å². The standard InChI is InChI=1S/C40H62O11/c1-35(2)19-22(21-49-7)40(34(47)48)17-16-39(13-8-18-41)23(24(40)20-35)9-10-26-37(5)14-12-27(36(3,4)25(37)11-15-38(26,39)6)50-33-30(44)28(42)29(43)31(51-33)32(45)46/h9,18,22,24-31,33,42-44H,8,10-17,19-21H2,1-7H3,(H,45,46)(H,47,48)/t22-,24-,25-,26+,27-,28-,29-,30+,31-,33+,37-,38+,39+,40+/m0/s1. The Hall–Kier alpha value is -1.89. The molecule has 0 amide bonds. The highest BCUT2D eigenvalue weighted by Gasteiger charge is 2.71. The van der Waals surface area contributed by atoms with Crippen LogP contribution in [0.2, 0.25) is 0 Å². The summed E-state index contributed by atoms with van der Waals surface area (Å²) in [7, 11) is 1.67. The van der Waals surface area contributed by atoms with E-state index in [0.29, 0.717) is 32.3 Å². The zero-order valence-corrected chi connectivity index (χ0v) is 31.6. The highest BCUT2D eigenvalue weighted by molar-refractivity contribution is 5.77. The van der Waals surface area contributed by atoms with Gasteiger partial charge in [0.2, 0.25) is 0 Å². The van der Waals surface area contributed by atoms with E-state index in [0.717, 1.165) is 51.2 Å². The largest absolute Gasteiger partial charge is 0.481 e. The lowest BCUT2D eigenvalue weighted by molar-refractivity contribution is -0.324. The highest BCUT2D eigenvalue weighted by Crippen LogP contribution is 2.77. The van der Waals surface area contributed by atoms with Gasteiger partial charge in [0.15, 0.2) is 12.4 Å². The summed E-state index contributed by atoms with van der Waals surface area (Å²) in [6.07, 6.45) is 2.94. The number of carboxylic acids is 2. The van der Waals surface area contributed by atoms with E-state index in [1.165, 1.54) is 5.57 Å². The molecule has 11 heteroatoms. The summed E-state index contributed by atoms with van der Waals surface area (Å²) in [6, 6.07) is 0. The number of ether oxygens (including phenoxy) is 3. The number of hydrogen-bond donors (Lipinski definition) is 5. The Labute approximate surface area is 302 Å². The molecule has 14 atom stereocenters. The predicted molar refractivity (Wildman–Crippen MR) is 186 cm³/mol. The first-order valence-corrected chi connectivity index (χ1v) is 19.2. The molecule has 1 aliphatic heterocycles. The van der Waals surface area contributed by atoms with E-state index < -0.39 is 59.6 Å². The molecule has 0 unspecified atom stereocenters. The second-order valence-corrected chi connectivity index (χ2v) is 19.1. The minimum atomic E-state index is -1.78. The first-order chi connectivity index (χ1) is 23.8. The molecule has 0 spiro atoms. The molecule has 5 fully saturated rings. The number of carbonyl (C=O) groups is 3. The van der Waals surface area contributed by atoms with Crippen molar-refractivity contribution in [2.75, 3.05) is 13.7 Å². The van der Waals surface area contributed by atoms with E-state index >= 15 is 0 Å². The number of aliphatic hydroxyl groups excluding tert-OH is 3. The summed E-state index contributed by atoms with van der Waals surface area (Å²) < 4.78 is 17.6. The minimum absolute atomic E-state index is 0.0561. The molecule has 0 aromatic rings. The number of carboxylic acid groups (broad SMARTS) is 2. The smallest absolute Gasteiger partial charge is 0.335 e. The molecule has 51 heavy (non-hydrogen) atoms. The normalized spacial score (nSPS) is 48.5. The molecule has 0 aromatic carbocycles. The van der Waals surface area contributed by atoms with Gasteiger partial charge < -0.3 is 44.5 Å². The van der Waals surface area contributed by atoms with Gasteiger partial charge in [-0.25, -0.2) is 4.79 Å². The molecule has 6 rings (SSSR count). The van der Waals surface area contributed by atoms with Crippen molar-refractivity contribution in [3.8, 4) is 0 Å². The van der Waals surface area contributed by atoms with Gasteiger partial charge in [-0.2, -0.15) is 0 Å². The van der Waals surface area contributed by atoms with Gasteiger partial charge in [0, 0.05) is 13.5 Å². The molecular formula is C40H62O11. The maximum absolute atomic E-state index is 13.5. The fraction of sp³-hybridized carbons (Fsp3) is 0.875. The monoisotopic (exact) mass is 718 g/mol. The summed E-state index contributed by atoms with van der Waals surface area (Å²) in [5, 5.41) is 52.1. The van der Waals surface area contributed by atoms with Gasteiger partial charge in [-0.1, -0.05) is 53.2 Å². The number of hydrogen-bond acceptors (Lipinski definition) is 9. The van der Waals surface area contributed by atoms with Crippen LogP contribution < -0.4 is 0 Å². The van der Waals surface area contributed by atoms with Crippen LogP contribution >= 0.6 is 0 Å². The molecule has 1 saturated heterocycles. The maximum Gasteiger partial charge on any atom is 0.335 e. The Morgan fingerprint density at radius 3 is 2.25 bits per heavy atom. The van der Waals surface area contributed by atoms with Crippen LogP contribution in [0.5, 0.6) is 0 Å². The number of allylic oxidation sites excluding steroid dienone is 2. The van der Waals surface area contributed by atoms with Crippen molar-refractivity contribution in [2.45, 2.75) is 149 Å². The number of fused-ring (bicyclic) bond motifs is 7. The third kappa shape index (κ3) is 5.60. The van der Waals surface area contributed by atoms with E-state index in [9.17, 15) is 39.9 Å². The summed E-state index contributed by atoms with van der Waals surface area (Å²) in [5.41, 5.74) is -0.693. The SMILES string of the molecule is COC[C@@H]1CC(C)(C)C[C@H]2C3=CC[C@@H]4[C@@]5(C)CC[C@H](O[C@@H]6O[C@H](C(=O)O)[C@@H](O)[C@H](O)[C@H]6O)C(C)(C)[C@@H]5CC[C@@]4(C)[C@]3(CCC=O)CC[C@@]12C(=O)O. The third-order valence-corrected chi connectivity index (χ3v) is 16.0. The quantitative estimate of drug-likeness (QED) is 0.123. The number of carbonyl (C=O) groups excluding carboxylic acids is 1. The first-order valence-electron chi connectivity index (χ1n) is 19.2. The van der Waals surface area contributed by atoms with Crippen molar-refractivity contribution < 1.29 is 54.1 Å². The highest BCUT2D eigenvalue weighted by atomic mass is 16.7. The summed E-state index contributed by atoms with van der Waals surface area (Å²) in [6.45, 7) is 14.1. The Morgan fingerprint density at radius 2 is 1.63 bits per heavy atom. The van der Waals surface area contributed by atoms with Gasteiger partial charge in [-0.05, 0) is 115 Å². The molecule has 5 N–H and O–H groups in total. The van der Waals surface area contributed by atoms with Gasteiger partial charge >= 0.3 is 11.9 Å². The molecule has 1 heterocycles. The van der Waals surface area contributed by atoms with Crippen LogP contribution in [0.3, 0.4) is 0 Å². The van der Waals surface area contributed by atoms with Crippen molar-refractivity contribution in [3.63, 3.8) is 0 Å². The lowest BCUT2D eigenvalue weighted by atomic mass is 9.32. The van der Waals surface area contributed by atoms with Crippen LogP contribution in [0.1, 0.15) is 112 Å². The fourth-order valence-electron chi connectivity index (χ4n) is 13.7. The Balaban J connectivity index is 1.36. The second kappa shape index (κ2) is 13.1. The van der Waals surface area contributed by atoms with Gasteiger partial charge in [0.05, 0.1) is 18.1 Å². The van der Waals surface area contributed by atoms with Gasteiger partial charge in [0.1, 0.15) is 24.6 Å². The maximum atomic E-state index is 13.5. The third-order valence-electron chi connectivity index (χ3n) is 16.0. The van der Waals surface area contributed by atoms with Crippen molar-refractivity contribution in [1.29, 1.82) is 0 Å². The lowest BCUT2D eigenvalue weighted by Gasteiger charge is -2.72. The van der Waals surface area contributed by atoms with Crippen LogP contribution in [-0.2, 0) is 28.6 Å². The number of aldehydes is 1. The van der Waals surface area contributed by atoms with E-state index in [1.807, 2.05) is 0 Å². The van der Waals surface area contributed by atoms with Crippen LogP contribution in [-0.4, -0.2) is 94.3 Å². The van der Waals surface area contributed by atoms with E-state index in [2.05, 4.69) is 47.6 Å². The fourth-order valence-corrected chi connectivity index (χ4v) is 13.7. The van der Waals surface area contributed by atoms with Crippen LogP contribution in [0, 0.1) is 56.2 Å². The molecule has 5 aliphatic carbocycles. The molecule has 0 aromatic heterocycles. The van der Waals surface area contributed by atoms with Crippen molar-refractivity contribution in [3.05, 3.63) is 11.6 Å². The minimum Gasteiger partial charge on any atom is -0.481 e. The predicted octanol–water partition coefficient (Wildman–Crippen LogP) is 4.98. The van der Waals surface area contributed by atoms with Crippen LogP contribution in [0.4, 0.5) is 0 Å². The molecule has 11 nitrogen and oxygen atoms in total. The zero-order valence-electron chi connectivity index (χ0n) is 31.6. The molecule has 4 saturated carbocycles. The summed E-state index contributed by atoms with van der Waals surface area (Å²) in [5.74, 6) is -1.92. The lowest BCUT2D eigenvalue weighted by Crippen LogP contribution is -2.67. The van der Waals surface area contributed by atoms with E-state index in [4.69, 9.17) is 14.2 Å². The zero-order chi connectivity index (χ0) is 37.5. The summed E-state index contributed by atoms with van der Waals surface area (Å²) in [4.78, 5) is 37.4. The Morgan fingerprint density at radius 1 is 0.922 bits per heavy atom. The van der Waals surface area contributed by atoms with Crippen molar-refractivity contribution in [2.24, 2.45) is 56.2 Å². The van der Waals surface area contributed by atoms with E-state index in [1.54, 1.807) is 7.11 Å². The average Bonchev–Trinajstić information content (AvgIpc) is 3.04. The molecule has 0 radical (unpaired) electrons.